The maximum atomic E-state index is 5.77. The van der Waals surface area contributed by atoms with Crippen molar-refractivity contribution >= 4 is 5.69 Å². The minimum atomic E-state index is 0.264. The maximum absolute atomic E-state index is 5.77. The number of nitrogen functional groups attached to an aromatic ring is 1. The second-order valence-corrected chi connectivity index (χ2v) is 5.38. The first-order valence-electron chi connectivity index (χ1n) is 6.58. The van der Waals surface area contributed by atoms with Gasteiger partial charge in [-0.1, -0.05) is 30.3 Å². The van der Waals surface area contributed by atoms with Gasteiger partial charge in [0.25, 0.3) is 0 Å². The lowest BCUT2D eigenvalue weighted by Gasteiger charge is -2.26. The SMILES string of the molecule is Cc1ccc(C(c2ccc(N)cc2)N(C)C)cc1C. The molecule has 0 bridgehead atoms. The van der Waals surface area contributed by atoms with Gasteiger partial charge in [0, 0.05) is 5.69 Å². The van der Waals surface area contributed by atoms with Gasteiger partial charge in [-0.25, -0.2) is 0 Å². The van der Waals surface area contributed by atoms with Crippen molar-refractivity contribution in [1.82, 2.24) is 4.90 Å². The van der Waals surface area contributed by atoms with E-state index in [2.05, 4.69) is 63.2 Å². The van der Waals surface area contributed by atoms with Crippen molar-refractivity contribution in [3.05, 3.63) is 64.7 Å². The van der Waals surface area contributed by atoms with Gasteiger partial charge in [0.2, 0.25) is 0 Å². The Morgan fingerprint density at radius 2 is 1.42 bits per heavy atom. The van der Waals surface area contributed by atoms with Crippen LogP contribution in [-0.2, 0) is 0 Å². The van der Waals surface area contributed by atoms with Crippen LogP contribution in [0.5, 0.6) is 0 Å². The lowest BCUT2D eigenvalue weighted by atomic mass is 9.95. The quantitative estimate of drug-likeness (QED) is 0.849. The van der Waals surface area contributed by atoms with Crippen LogP contribution >= 0.6 is 0 Å². The minimum absolute atomic E-state index is 0.264. The Hall–Kier alpha value is -1.80. The third kappa shape index (κ3) is 2.96. The Balaban J connectivity index is 2.45. The van der Waals surface area contributed by atoms with Crippen LogP contribution in [0.3, 0.4) is 0 Å². The van der Waals surface area contributed by atoms with Crippen LogP contribution in [0, 0.1) is 13.8 Å². The number of rotatable bonds is 3. The summed E-state index contributed by atoms with van der Waals surface area (Å²) in [5, 5.41) is 0. The fourth-order valence-electron chi connectivity index (χ4n) is 2.40. The lowest BCUT2D eigenvalue weighted by Crippen LogP contribution is -2.21. The highest BCUT2D eigenvalue weighted by atomic mass is 15.1. The highest BCUT2D eigenvalue weighted by molar-refractivity contribution is 5.43. The molecule has 1 atom stereocenters. The third-order valence-electron chi connectivity index (χ3n) is 3.62. The Labute approximate surface area is 115 Å². The molecule has 0 saturated heterocycles. The molecule has 19 heavy (non-hydrogen) atoms. The molecule has 2 N–H and O–H groups in total. The van der Waals surface area contributed by atoms with Crippen LogP contribution in [0.4, 0.5) is 5.69 Å². The molecule has 2 aromatic rings. The topological polar surface area (TPSA) is 29.3 Å². The third-order valence-corrected chi connectivity index (χ3v) is 3.62. The molecule has 2 aromatic carbocycles. The first-order valence-corrected chi connectivity index (χ1v) is 6.58. The van der Waals surface area contributed by atoms with Gasteiger partial charge in [0.05, 0.1) is 6.04 Å². The van der Waals surface area contributed by atoms with Gasteiger partial charge in [0.15, 0.2) is 0 Å². The summed E-state index contributed by atoms with van der Waals surface area (Å²) in [4.78, 5) is 2.23. The number of nitrogens with zero attached hydrogens (tertiary/aromatic N) is 1. The van der Waals surface area contributed by atoms with Crippen molar-refractivity contribution in [2.75, 3.05) is 19.8 Å². The van der Waals surface area contributed by atoms with Crippen LogP contribution in [0.25, 0.3) is 0 Å². The summed E-state index contributed by atoms with van der Waals surface area (Å²) in [7, 11) is 4.21. The smallest absolute Gasteiger partial charge is 0.0596 e. The molecule has 2 rings (SSSR count). The van der Waals surface area contributed by atoms with Crippen molar-refractivity contribution in [2.24, 2.45) is 0 Å². The Morgan fingerprint density at radius 1 is 0.842 bits per heavy atom. The number of benzene rings is 2. The van der Waals surface area contributed by atoms with E-state index in [9.17, 15) is 0 Å². The summed E-state index contributed by atoms with van der Waals surface area (Å²) in [6, 6.07) is 15.1. The summed E-state index contributed by atoms with van der Waals surface area (Å²) in [6.45, 7) is 4.31. The van der Waals surface area contributed by atoms with E-state index in [1.807, 2.05) is 12.1 Å². The zero-order chi connectivity index (χ0) is 14.0. The van der Waals surface area contributed by atoms with Crippen molar-refractivity contribution in [1.29, 1.82) is 0 Å². The van der Waals surface area contributed by atoms with Gasteiger partial charge in [-0.05, 0) is 62.3 Å². The largest absolute Gasteiger partial charge is 0.399 e. The number of anilines is 1. The molecule has 0 spiro atoms. The molecule has 0 heterocycles. The van der Waals surface area contributed by atoms with Gasteiger partial charge in [0.1, 0.15) is 0 Å². The number of hydrogen-bond acceptors (Lipinski definition) is 2. The molecule has 0 aliphatic carbocycles. The Kier molecular flexibility index (Phi) is 3.91. The minimum Gasteiger partial charge on any atom is -0.399 e. The molecule has 0 aliphatic heterocycles. The first-order chi connectivity index (χ1) is 8.99. The standard InChI is InChI=1S/C17H22N2/c1-12-5-6-15(11-13(12)2)17(19(3)4)14-7-9-16(18)10-8-14/h5-11,17H,18H2,1-4H3. The highest BCUT2D eigenvalue weighted by Gasteiger charge is 2.16. The van der Waals surface area contributed by atoms with Crippen LogP contribution in [0.15, 0.2) is 42.5 Å². The number of nitrogens with two attached hydrogens (primary N) is 1. The van der Waals surface area contributed by atoms with E-state index in [0.29, 0.717) is 0 Å². The van der Waals surface area contributed by atoms with Crippen LogP contribution in [0.2, 0.25) is 0 Å². The summed E-state index contributed by atoms with van der Waals surface area (Å²) in [6.07, 6.45) is 0. The van der Waals surface area contributed by atoms with E-state index in [4.69, 9.17) is 5.73 Å². The fraction of sp³-hybridized carbons (Fsp3) is 0.294. The van der Waals surface area contributed by atoms with Gasteiger partial charge in [-0.2, -0.15) is 0 Å². The van der Waals surface area contributed by atoms with Gasteiger partial charge in [-0.3, -0.25) is 4.90 Å². The summed E-state index contributed by atoms with van der Waals surface area (Å²) in [5.74, 6) is 0. The molecule has 100 valence electrons. The Bertz CT molecular complexity index is 556. The second-order valence-electron chi connectivity index (χ2n) is 5.38. The molecule has 0 amide bonds. The predicted molar refractivity (Wildman–Crippen MR) is 82.3 cm³/mol. The molecular weight excluding hydrogens is 232 g/mol. The summed E-state index contributed by atoms with van der Waals surface area (Å²) < 4.78 is 0. The van der Waals surface area contributed by atoms with Crippen molar-refractivity contribution < 1.29 is 0 Å². The first kappa shape index (κ1) is 13.6. The van der Waals surface area contributed by atoms with E-state index in [1.54, 1.807) is 0 Å². The molecule has 0 radical (unpaired) electrons. The zero-order valence-corrected chi connectivity index (χ0v) is 12.1. The van der Waals surface area contributed by atoms with Crippen molar-refractivity contribution in [2.45, 2.75) is 19.9 Å². The molecule has 2 nitrogen and oxygen atoms in total. The van der Waals surface area contributed by atoms with Gasteiger partial charge in [-0.15, -0.1) is 0 Å². The summed E-state index contributed by atoms with van der Waals surface area (Å²) >= 11 is 0. The molecule has 1 unspecified atom stereocenters. The Morgan fingerprint density at radius 3 is 1.95 bits per heavy atom. The van der Waals surface area contributed by atoms with Crippen LogP contribution < -0.4 is 5.73 Å². The molecule has 0 fully saturated rings. The van der Waals surface area contributed by atoms with E-state index in [-0.39, 0.29) is 6.04 Å². The number of aryl methyl sites for hydroxylation is 2. The number of hydrogen-bond donors (Lipinski definition) is 1. The van der Waals surface area contributed by atoms with E-state index >= 15 is 0 Å². The highest BCUT2D eigenvalue weighted by Crippen LogP contribution is 2.28. The average molecular weight is 254 g/mol. The van der Waals surface area contributed by atoms with E-state index in [0.717, 1.165) is 5.69 Å². The monoisotopic (exact) mass is 254 g/mol. The second kappa shape index (κ2) is 5.45. The zero-order valence-electron chi connectivity index (χ0n) is 12.1. The molecule has 0 aliphatic rings. The van der Waals surface area contributed by atoms with Crippen LogP contribution in [0.1, 0.15) is 28.3 Å². The van der Waals surface area contributed by atoms with E-state index < -0.39 is 0 Å². The molecule has 0 saturated carbocycles. The maximum Gasteiger partial charge on any atom is 0.0596 e. The van der Waals surface area contributed by atoms with Gasteiger partial charge < -0.3 is 5.73 Å². The van der Waals surface area contributed by atoms with E-state index in [1.165, 1.54) is 22.3 Å². The van der Waals surface area contributed by atoms with Crippen molar-refractivity contribution in [3.8, 4) is 0 Å². The van der Waals surface area contributed by atoms with Crippen LogP contribution in [-0.4, -0.2) is 19.0 Å². The average Bonchev–Trinajstić information content (AvgIpc) is 2.36. The molecular formula is C17H22N2. The van der Waals surface area contributed by atoms with Gasteiger partial charge >= 0.3 is 0 Å². The predicted octanol–water partition coefficient (Wildman–Crippen LogP) is 3.54. The normalized spacial score (nSPS) is 12.7. The molecule has 0 aromatic heterocycles. The molecule has 2 heteroatoms. The lowest BCUT2D eigenvalue weighted by molar-refractivity contribution is 0.342. The van der Waals surface area contributed by atoms with Crippen molar-refractivity contribution in [3.63, 3.8) is 0 Å². The summed E-state index contributed by atoms with van der Waals surface area (Å²) in [5.41, 5.74) is 11.8. The fourth-order valence-corrected chi connectivity index (χ4v) is 2.40.